The van der Waals surface area contributed by atoms with Crippen LogP contribution in [0.4, 0.5) is 0 Å². The first-order valence-electron chi connectivity index (χ1n) is 3.67. The van der Waals surface area contributed by atoms with E-state index in [1.54, 1.807) is 0 Å². The Balaban J connectivity index is 2.64. The Kier molecular flexibility index (Phi) is 2.05. The third-order valence-corrected chi connectivity index (χ3v) is 1.87. The smallest absolute Gasteiger partial charge is 0.356 e. The van der Waals surface area contributed by atoms with E-state index in [4.69, 9.17) is 11.6 Å². The predicted octanol–water partition coefficient (Wildman–Crippen LogP) is 0.564. The van der Waals surface area contributed by atoms with Gasteiger partial charge in [0.05, 0.1) is 7.11 Å². The second-order valence-electron chi connectivity index (χ2n) is 2.43. The molecule has 0 amide bonds. The lowest BCUT2D eigenvalue weighted by Gasteiger charge is -1.99. The minimum Gasteiger partial charge on any atom is -0.464 e. The van der Waals surface area contributed by atoms with E-state index in [2.05, 4.69) is 19.8 Å². The van der Waals surface area contributed by atoms with Crippen molar-refractivity contribution in [1.82, 2.24) is 19.6 Å². The summed E-state index contributed by atoms with van der Waals surface area (Å²) in [6.45, 7) is 0. The molecule has 72 valence electrons. The first kappa shape index (κ1) is 8.89. The number of hydrogen-bond donors (Lipinski definition) is 0. The second-order valence-corrected chi connectivity index (χ2v) is 2.81. The van der Waals surface area contributed by atoms with Crippen LogP contribution in [0.2, 0.25) is 5.15 Å². The molecule has 0 aromatic carbocycles. The maximum atomic E-state index is 11.1. The molecule has 0 bridgehead atoms. The minimum absolute atomic E-state index is 0.109. The highest BCUT2D eigenvalue weighted by Crippen LogP contribution is 2.11. The van der Waals surface area contributed by atoms with Crippen LogP contribution in [0.15, 0.2) is 12.4 Å². The Bertz CT molecular complexity index is 495. The lowest BCUT2D eigenvalue weighted by Crippen LogP contribution is -2.06. The number of carbonyl (C=O) groups is 1. The first-order chi connectivity index (χ1) is 6.72. The molecule has 0 saturated carbocycles. The molecule has 2 heterocycles. The molecule has 14 heavy (non-hydrogen) atoms. The summed E-state index contributed by atoms with van der Waals surface area (Å²) < 4.78 is 5.81. The third kappa shape index (κ3) is 1.29. The number of esters is 1. The maximum Gasteiger partial charge on any atom is 0.356 e. The van der Waals surface area contributed by atoms with E-state index in [1.165, 1.54) is 24.0 Å². The molecular weight excluding hydrogens is 208 g/mol. The van der Waals surface area contributed by atoms with Crippen LogP contribution in [0.3, 0.4) is 0 Å². The Morgan fingerprint density at radius 3 is 3.14 bits per heavy atom. The van der Waals surface area contributed by atoms with Gasteiger partial charge in [-0.3, -0.25) is 0 Å². The van der Waals surface area contributed by atoms with Gasteiger partial charge in [-0.05, 0) is 0 Å². The summed E-state index contributed by atoms with van der Waals surface area (Å²) in [6, 6.07) is 1.37. The summed E-state index contributed by atoms with van der Waals surface area (Å²) in [7, 11) is 1.27. The van der Waals surface area contributed by atoms with Crippen LogP contribution in [0.25, 0.3) is 5.78 Å². The monoisotopic (exact) mass is 212 g/mol. The van der Waals surface area contributed by atoms with Gasteiger partial charge in [-0.2, -0.15) is 14.6 Å². The molecule has 2 rings (SSSR count). The van der Waals surface area contributed by atoms with Crippen molar-refractivity contribution in [3.05, 3.63) is 23.2 Å². The number of rotatable bonds is 1. The Labute approximate surface area is 83.5 Å². The molecule has 0 fully saturated rings. The molecule has 0 spiro atoms. The van der Waals surface area contributed by atoms with Gasteiger partial charge in [0.15, 0.2) is 5.69 Å². The Morgan fingerprint density at radius 2 is 2.43 bits per heavy atom. The van der Waals surface area contributed by atoms with Crippen molar-refractivity contribution in [3.63, 3.8) is 0 Å². The van der Waals surface area contributed by atoms with Crippen molar-refractivity contribution in [2.45, 2.75) is 0 Å². The molecule has 0 aliphatic rings. The van der Waals surface area contributed by atoms with Gasteiger partial charge in [0.1, 0.15) is 11.5 Å². The molecular formula is C7H5ClN4O2. The lowest BCUT2D eigenvalue weighted by atomic mass is 10.4. The Hall–Kier alpha value is -1.69. The molecule has 0 radical (unpaired) electrons. The number of ether oxygens (including phenoxy) is 1. The first-order valence-corrected chi connectivity index (χ1v) is 4.05. The minimum atomic E-state index is -0.558. The fraction of sp³-hybridized carbons (Fsp3) is 0.143. The van der Waals surface area contributed by atoms with Crippen molar-refractivity contribution in [3.8, 4) is 0 Å². The van der Waals surface area contributed by atoms with E-state index < -0.39 is 5.97 Å². The number of halogens is 1. The van der Waals surface area contributed by atoms with Crippen molar-refractivity contribution in [1.29, 1.82) is 0 Å². The topological polar surface area (TPSA) is 69.4 Å². The van der Waals surface area contributed by atoms with Crippen LogP contribution in [0, 0.1) is 0 Å². The van der Waals surface area contributed by atoms with E-state index in [1.807, 2.05) is 0 Å². The zero-order valence-corrected chi connectivity index (χ0v) is 7.89. The largest absolute Gasteiger partial charge is 0.464 e. The normalized spacial score (nSPS) is 10.4. The number of methoxy groups -OCH3 is 1. The number of fused-ring (bicyclic) bond motifs is 1. The molecule has 6 nitrogen and oxygen atoms in total. The SMILES string of the molecule is COC(=O)c1cc(Cl)n2ncnc2n1. The van der Waals surface area contributed by atoms with Crippen LogP contribution in [-0.2, 0) is 4.74 Å². The van der Waals surface area contributed by atoms with Gasteiger partial charge in [0.2, 0.25) is 0 Å². The predicted molar refractivity (Wildman–Crippen MR) is 47.1 cm³/mol. The van der Waals surface area contributed by atoms with Gasteiger partial charge >= 0.3 is 5.97 Å². The summed E-state index contributed by atoms with van der Waals surface area (Å²) in [6.07, 6.45) is 1.30. The second kappa shape index (κ2) is 3.22. The van der Waals surface area contributed by atoms with E-state index in [0.29, 0.717) is 0 Å². The lowest BCUT2D eigenvalue weighted by molar-refractivity contribution is 0.0594. The van der Waals surface area contributed by atoms with Gasteiger partial charge in [0.25, 0.3) is 5.78 Å². The molecule has 0 aliphatic carbocycles. The zero-order chi connectivity index (χ0) is 10.1. The standard InChI is InChI=1S/C7H5ClN4O2/c1-14-6(13)4-2-5(8)12-7(11-4)9-3-10-12/h2-3H,1H3. The third-order valence-electron chi connectivity index (χ3n) is 1.60. The average molecular weight is 213 g/mol. The van der Waals surface area contributed by atoms with Crippen LogP contribution in [0.5, 0.6) is 0 Å². The molecule has 0 unspecified atom stereocenters. The number of carbonyl (C=O) groups excluding carboxylic acids is 1. The van der Waals surface area contributed by atoms with E-state index in [-0.39, 0.29) is 16.6 Å². The summed E-state index contributed by atoms with van der Waals surface area (Å²) >= 11 is 5.82. The van der Waals surface area contributed by atoms with Gasteiger partial charge in [-0.15, -0.1) is 0 Å². The summed E-state index contributed by atoms with van der Waals surface area (Å²) in [5, 5.41) is 4.06. The highest BCUT2D eigenvalue weighted by Gasteiger charge is 2.12. The van der Waals surface area contributed by atoms with Crippen LogP contribution in [-0.4, -0.2) is 32.7 Å². The Morgan fingerprint density at radius 1 is 1.64 bits per heavy atom. The van der Waals surface area contributed by atoms with Gasteiger partial charge in [-0.1, -0.05) is 11.6 Å². The van der Waals surface area contributed by atoms with Crippen molar-refractivity contribution in [2.24, 2.45) is 0 Å². The van der Waals surface area contributed by atoms with Crippen molar-refractivity contribution < 1.29 is 9.53 Å². The van der Waals surface area contributed by atoms with Crippen LogP contribution in [0.1, 0.15) is 10.5 Å². The summed E-state index contributed by atoms with van der Waals surface area (Å²) in [5.74, 6) is -0.296. The molecule has 2 aromatic heterocycles. The molecule has 0 saturated heterocycles. The van der Waals surface area contributed by atoms with Crippen molar-refractivity contribution >= 4 is 23.3 Å². The van der Waals surface area contributed by atoms with Crippen LogP contribution < -0.4 is 0 Å². The number of aromatic nitrogens is 4. The summed E-state index contributed by atoms with van der Waals surface area (Å²) in [4.78, 5) is 18.8. The molecule has 0 aliphatic heterocycles. The molecule has 7 heteroatoms. The van der Waals surface area contributed by atoms with Gasteiger partial charge in [-0.25, -0.2) is 9.78 Å². The van der Waals surface area contributed by atoms with Gasteiger partial charge in [0, 0.05) is 6.07 Å². The molecule has 0 atom stereocenters. The van der Waals surface area contributed by atoms with Gasteiger partial charge < -0.3 is 4.74 Å². The van der Waals surface area contributed by atoms with Crippen molar-refractivity contribution in [2.75, 3.05) is 7.11 Å². The van der Waals surface area contributed by atoms with E-state index >= 15 is 0 Å². The average Bonchev–Trinajstić information content (AvgIpc) is 2.64. The summed E-state index contributed by atoms with van der Waals surface area (Å²) in [5.41, 5.74) is 0.109. The van der Waals surface area contributed by atoms with E-state index in [0.717, 1.165) is 0 Å². The maximum absolute atomic E-state index is 11.1. The number of hydrogen-bond acceptors (Lipinski definition) is 5. The quantitative estimate of drug-likeness (QED) is 0.511. The fourth-order valence-electron chi connectivity index (χ4n) is 0.985. The van der Waals surface area contributed by atoms with Crippen LogP contribution >= 0.6 is 11.6 Å². The van der Waals surface area contributed by atoms with E-state index in [9.17, 15) is 4.79 Å². The zero-order valence-electron chi connectivity index (χ0n) is 7.14. The highest BCUT2D eigenvalue weighted by atomic mass is 35.5. The highest BCUT2D eigenvalue weighted by molar-refractivity contribution is 6.30. The fourth-order valence-corrected chi connectivity index (χ4v) is 1.21. The number of nitrogens with zero attached hydrogens (tertiary/aromatic N) is 4. The molecule has 0 N–H and O–H groups in total. The molecule has 2 aromatic rings.